The molecule has 0 heterocycles. The fraction of sp³-hybridized carbons (Fsp3) is 0.308. The SMILES string of the molecule is C=CCCNCc1cccc(NC(=O)C(F)(F)F)c1. The Morgan fingerprint density at radius 3 is 2.74 bits per heavy atom. The van der Waals surface area contributed by atoms with Crippen molar-refractivity contribution in [2.75, 3.05) is 11.9 Å². The van der Waals surface area contributed by atoms with Crippen molar-refractivity contribution in [1.29, 1.82) is 0 Å². The summed E-state index contributed by atoms with van der Waals surface area (Å²) >= 11 is 0. The van der Waals surface area contributed by atoms with Gasteiger partial charge < -0.3 is 10.6 Å². The first-order chi connectivity index (χ1) is 8.93. The molecule has 19 heavy (non-hydrogen) atoms. The summed E-state index contributed by atoms with van der Waals surface area (Å²) in [6, 6.07) is 6.28. The van der Waals surface area contributed by atoms with Gasteiger partial charge in [-0.1, -0.05) is 18.2 Å². The molecule has 0 aliphatic carbocycles. The molecule has 0 spiro atoms. The summed E-state index contributed by atoms with van der Waals surface area (Å²) in [5.74, 6) is -1.97. The van der Waals surface area contributed by atoms with Crippen LogP contribution < -0.4 is 10.6 Å². The van der Waals surface area contributed by atoms with Gasteiger partial charge in [-0.2, -0.15) is 13.2 Å². The van der Waals surface area contributed by atoms with E-state index in [4.69, 9.17) is 0 Å². The van der Waals surface area contributed by atoms with Gasteiger partial charge in [0.25, 0.3) is 0 Å². The number of alkyl halides is 3. The average Bonchev–Trinajstić information content (AvgIpc) is 2.34. The van der Waals surface area contributed by atoms with E-state index in [0.29, 0.717) is 6.54 Å². The van der Waals surface area contributed by atoms with Crippen LogP contribution in [0, 0.1) is 0 Å². The minimum Gasteiger partial charge on any atom is -0.318 e. The van der Waals surface area contributed by atoms with E-state index in [0.717, 1.165) is 18.5 Å². The smallest absolute Gasteiger partial charge is 0.318 e. The lowest BCUT2D eigenvalue weighted by Crippen LogP contribution is -2.29. The maximum absolute atomic E-state index is 12.1. The van der Waals surface area contributed by atoms with E-state index in [1.807, 2.05) is 5.32 Å². The van der Waals surface area contributed by atoms with Gasteiger partial charge in [-0.3, -0.25) is 4.79 Å². The van der Waals surface area contributed by atoms with Gasteiger partial charge in [-0.25, -0.2) is 0 Å². The van der Waals surface area contributed by atoms with Gasteiger partial charge in [0, 0.05) is 12.2 Å². The van der Waals surface area contributed by atoms with Crippen LogP contribution in [0.1, 0.15) is 12.0 Å². The normalized spacial score (nSPS) is 11.1. The zero-order chi connectivity index (χ0) is 14.3. The summed E-state index contributed by atoms with van der Waals surface area (Å²) in [5.41, 5.74) is 0.925. The summed E-state index contributed by atoms with van der Waals surface area (Å²) in [6.45, 7) is 4.84. The van der Waals surface area contributed by atoms with Gasteiger partial charge in [-0.05, 0) is 30.7 Å². The van der Waals surface area contributed by atoms with Gasteiger partial charge in [0.1, 0.15) is 0 Å². The molecule has 0 fully saturated rings. The van der Waals surface area contributed by atoms with Crippen LogP contribution in [0.3, 0.4) is 0 Å². The largest absolute Gasteiger partial charge is 0.471 e. The third kappa shape index (κ3) is 5.56. The second-order valence-electron chi connectivity index (χ2n) is 3.91. The molecule has 1 rings (SSSR count). The van der Waals surface area contributed by atoms with E-state index in [1.54, 1.807) is 18.2 Å². The average molecular weight is 272 g/mol. The molecular weight excluding hydrogens is 257 g/mol. The summed E-state index contributed by atoms with van der Waals surface area (Å²) in [5, 5.41) is 4.92. The second-order valence-corrected chi connectivity index (χ2v) is 3.91. The third-order valence-electron chi connectivity index (χ3n) is 2.30. The highest BCUT2D eigenvalue weighted by Gasteiger charge is 2.38. The molecular formula is C13H15F3N2O. The van der Waals surface area contributed by atoms with Crippen LogP contribution >= 0.6 is 0 Å². The van der Waals surface area contributed by atoms with Crippen LogP contribution in [-0.4, -0.2) is 18.6 Å². The van der Waals surface area contributed by atoms with E-state index < -0.39 is 12.1 Å². The molecule has 0 aromatic heterocycles. The number of carbonyl (C=O) groups excluding carboxylic acids is 1. The van der Waals surface area contributed by atoms with Gasteiger partial charge in [0.15, 0.2) is 0 Å². The molecule has 6 heteroatoms. The predicted molar refractivity (Wildman–Crippen MR) is 67.6 cm³/mol. The Labute approximate surface area is 109 Å². The summed E-state index contributed by atoms with van der Waals surface area (Å²) < 4.78 is 36.3. The van der Waals surface area contributed by atoms with Crippen LogP contribution in [0.2, 0.25) is 0 Å². The van der Waals surface area contributed by atoms with Crippen molar-refractivity contribution < 1.29 is 18.0 Å². The summed E-state index contributed by atoms with van der Waals surface area (Å²) in [7, 11) is 0. The highest BCUT2D eigenvalue weighted by Crippen LogP contribution is 2.18. The number of carbonyl (C=O) groups is 1. The van der Waals surface area contributed by atoms with Crippen LogP contribution in [-0.2, 0) is 11.3 Å². The van der Waals surface area contributed by atoms with Crippen LogP contribution in [0.25, 0.3) is 0 Å². The molecule has 0 radical (unpaired) electrons. The minimum absolute atomic E-state index is 0.130. The number of rotatable bonds is 6. The molecule has 1 aromatic rings. The number of anilines is 1. The number of nitrogens with one attached hydrogen (secondary N) is 2. The molecule has 104 valence electrons. The van der Waals surface area contributed by atoms with Gasteiger partial charge in [0.2, 0.25) is 0 Å². The first-order valence-electron chi connectivity index (χ1n) is 5.72. The van der Waals surface area contributed by atoms with Gasteiger partial charge >= 0.3 is 12.1 Å². The lowest BCUT2D eigenvalue weighted by molar-refractivity contribution is -0.167. The van der Waals surface area contributed by atoms with Crippen molar-refractivity contribution in [3.8, 4) is 0 Å². The maximum Gasteiger partial charge on any atom is 0.471 e. The van der Waals surface area contributed by atoms with E-state index in [9.17, 15) is 18.0 Å². The fourth-order valence-corrected chi connectivity index (χ4v) is 1.40. The molecule has 1 amide bonds. The molecule has 0 saturated carbocycles. The zero-order valence-electron chi connectivity index (χ0n) is 10.3. The number of benzene rings is 1. The van der Waals surface area contributed by atoms with Crippen molar-refractivity contribution in [2.45, 2.75) is 19.1 Å². The minimum atomic E-state index is -4.88. The Balaban J connectivity index is 2.57. The summed E-state index contributed by atoms with van der Waals surface area (Å²) in [6.07, 6.45) is -2.30. The third-order valence-corrected chi connectivity index (χ3v) is 2.30. The molecule has 0 unspecified atom stereocenters. The molecule has 0 atom stereocenters. The number of hydrogen-bond acceptors (Lipinski definition) is 2. The number of amides is 1. The Morgan fingerprint density at radius 1 is 1.37 bits per heavy atom. The van der Waals surface area contributed by atoms with Crippen molar-refractivity contribution >= 4 is 11.6 Å². The molecule has 0 aliphatic rings. The molecule has 2 N–H and O–H groups in total. The molecule has 3 nitrogen and oxygen atoms in total. The van der Waals surface area contributed by atoms with Crippen molar-refractivity contribution in [1.82, 2.24) is 5.32 Å². The first-order valence-corrected chi connectivity index (χ1v) is 5.72. The quantitative estimate of drug-likeness (QED) is 0.617. The molecule has 0 bridgehead atoms. The Hall–Kier alpha value is -1.82. The van der Waals surface area contributed by atoms with E-state index in [-0.39, 0.29) is 5.69 Å². The molecule has 0 saturated heterocycles. The number of halogens is 3. The first kappa shape index (κ1) is 15.2. The van der Waals surface area contributed by atoms with Gasteiger partial charge in [-0.15, -0.1) is 6.58 Å². The lowest BCUT2D eigenvalue weighted by atomic mass is 10.2. The van der Waals surface area contributed by atoms with Crippen molar-refractivity contribution in [3.05, 3.63) is 42.5 Å². The highest BCUT2D eigenvalue weighted by molar-refractivity contribution is 5.94. The van der Waals surface area contributed by atoms with E-state index in [1.165, 1.54) is 12.1 Å². The highest BCUT2D eigenvalue weighted by atomic mass is 19.4. The molecule has 0 aliphatic heterocycles. The lowest BCUT2D eigenvalue weighted by Gasteiger charge is -2.09. The van der Waals surface area contributed by atoms with Crippen LogP contribution in [0.4, 0.5) is 18.9 Å². The van der Waals surface area contributed by atoms with E-state index in [2.05, 4.69) is 11.9 Å². The van der Waals surface area contributed by atoms with E-state index >= 15 is 0 Å². The van der Waals surface area contributed by atoms with Crippen molar-refractivity contribution in [2.24, 2.45) is 0 Å². The maximum atomic E-state index is 12.1. The molecule has 1 aromatic carbocycles. The van der Waals surface area contributed by atoms with Crippen molar-refractivity contribution in [3.63, 3.8) is 0 Å². The van der Waals surface area contributed by atoms with Crippen LogP contribution in [0.5, 0.6) is 0 Å². The zero-order valence-corrected chi connectivity index (χ0v) is 10.3. The standard InChI is InChI=1S/C13H15F3N2O/c1-2-3-7-17-9-10-5-4-6-11(8-10)18-12(19)13(14,15)16/h2,4-6,8,17H,1,3,7,9H2,(H,18,19). The van der Waals surface area contributed by atoms with Crippen LogP contribution in [0.15, 0.2) is 36.9 Å². The number of hydrogen-bond donors (Lipinski definition) is 2. The Bertz CT molecular complexity index is 444. The monoisotopic (exact) mass is 272 g/mol. The summed E-state index contributed by atoms with van der Waals surface area (Å²) in [4.78, 5) is 10.8. The van der Waals surface area contributed by atoms with Gasteiger partial charge in [0.05, 0.1) is 0 Å². The Morgan fingerprint density at radius 2 is 2.11 bits per heavy atom. The predicted octanol–water partition coefficient (Wildman–Crippen LogP) is 2.85. The topological polar surface area (TPSA) is 41.1 Å². The second kappa shape index (κ2) is 6.94. The Kier molecular flexibility index (Phi) is 5.57. The fourth-order valence-electron chi connectivity index (χ4n) is 1.40.